The molecule has 2 amide bonds. The highest BCUT2D eigenvalue weighted by atomic mass is 16.2. The largest absolute Gasteiger partial charge is 0.399 e. The molecule has 10 heteroatoms. The fourth-order valence-corrected chi connectivity index (χ4v) is 6.28. The van der Waals surface area contributed by atoms with E-state index in [0.29, 0.717) is 28.8 Å². The molecule has 1 aliphatic carbocycles. The maximum Gasteiger partial charge on any atom is 0.253 e. The number of hydrogen-bond acceptors (Lipinski definition) is 7. The molecule has 1 saturated heterocycles. The lowest BCUT2D eigenvalue weighted by Gasteiger charge is -2.38. The van der Waals surface area contributed by atoms with E-state index < -0.39 is 0 Å². The standard InChI is InChI=1S/C30H34N8O2/c1-17-24(10-11-25-28(17)36-37-35-25)30(40)34-23-14-20-4-3-13-38(26(20)15-23)27-12-7-21(16-32-27)29(39)33-18(2)19-5-8-22(31)9-6-19/h5-12,16,18,20,23,26H,3-4,13-15,31H2,1-2H3,(H,33,39)(H,34,40)(H,35,36,37)/t18-,20?,23?,26?/m0/s1. The van der Waals surface area contributed by atoms with Crippen molar-refractivity contribution in [3.05, 3.63) is 77.0 Å². The van der Waals surface area contributed by atoms with Crippen LogP contribution in [-0.2, 0) is 0 Å². The topological polar surface area (TPSA) is 142 Å². The number of pyridine rings is 1. The number of H-pyrrole nitrogens is 1. The molecule has 2 aromatic carbocycles. The van der Waals surface area contributed by atoms with Gasteiger partial charge in [0, 0.05) is 36.1 Å². The zero-order valence-electron chi connectivity index (χ0n) is 22.7. The summed E-state index contributed by atoms with van der Waals surface area (Å²) in [7, 11) is 0. The van der Waals surface area contributed by atoms with Gasteiger partial charge in [-0.3, -0.25) is 9.59 Å². The number of piperidine rings is 1. The molecule has 4 atom stereocenters. The second-order valence-electron chi connectivity index (χ2n) is 11.0. The molecule has 0 radical (unpaired) electrons. The average Bonchev–Trinajstić information content (AvgIpc) is 3.60. The van der Waals surface area contributed by atoms with Crippen LogP contribution in [0.3, 0.4) is 0 Å². The molecule has 3 unspecified atom stereocenters. The number of nitrogens with zero attached hydrogens (tertiary/aromatic N) is 4. The van der Waals surface area contributed by atoms with E-state index in [0.717, 1.165) is 60.2 Å². The molecule has 5 N–H and O–H groups in total. The maximum atomic E-state index is 13.2. The van der Waals surface area contributed by atoms with Crippen molar-refractivity contribution >= 4 is 34.4 Å². The number of carbonyl (C=O) groups excluding carboxylic acids is 2. The van der Waals surface area contributed by atoms with Crippen LogP contribution in [0.25, 0.3) is 11.0 Å². The van der Waals surface area contributed by atoms with Gasteiger partial charge in [0.25, 0.3) is 11.8 Å². The minimum atomic E-state index is -0.164. The molecule has 3 heterocycles. The number of benzene rings is 2. The number of rotatable bonds is 6. The summed E-state index contributed by atoms with van der Waals surface area (Å²) >= 11 is 0. The normalized spacial score (nSPS) is 21.1. The SMILES string of the molecule is Cc1c(C(=O)NC2CC3CCCN(c4ccc(C(=O)N[C@@H](C)c5ccc(N)cc5)cn4)C3C2)ccc2n[nH]nc12. The molecule has 6 rings (SSSR count). The lowest BCUT2D eigenvalue weighted by atomic mass is 9.92. The van der Waals surface area contributed by atoms with E-state index in [1.807, 2.05) is 62.4 Å². The van der Waals surface area contributed by atoms with E-state index in [9.17, 15) is 9.59 Å². The van der Waals surface area contributed by atoms with Crippen LogP contribution < -0.4 is 21.3 Å². The van der Waals surface area contributed by atoms with E-state index in [4.69, 9.17) is 5.73 Å². The van der Waals surface area contributed by atoms with Crippen LogP contribution in [0.4, 0.5) is 11.5 Å². The summed E-state index contributed by atoms with van der Waals surface area (Å²) < 4.78 is 0. The molecule has 2 aromatic heterocycles. The Hall–Kier alpha value is -4.47. The van der Waals surface area contributed by atoms with Gasteiger partial charge in [-0.2, -0.15) is 15.4 Å². The minimum Gasteiger partial charge on any atom is -0.399 e. The van der Waals surface area contributed by atoms with Gasteiger partial charge < -0.3 is 21.3 Å². The van der Waals surface area contributed by atoms with Crippen LogP contribution in [0.5, 0.6) is 0 Å². The first-order valence-electron chi connectivity index (χ1n) is 13.9. The first kappa shape index (κ1) is 25.8. The van der Waals surface area contributed by atoms with Gasteiger partial charge in [-0.15, -0.1) is 0 Å². The summed E-state index contributed by atoms with van der Waals surface area (Å²) in [5.41, 5.74) is 10.9. The van der Waals surface area contributed by atoms with Crippen LogP contribution >= 0.6 is 0 Å². The van der Waals surface area contributed by atoms with Gasteiger partial charge in [-0.1, -0.05) is 12.1 Å². The molecule has 4 aromatic rings. The van der Waals surface area contributed by atoms with Gasteiger partial charge in [-0.05, 0) is 93.0 Å². The molecular formula is C30H34N8O2. The van der Waals surface area contributed by atoms with Crippen molar-refractivity contribution in [3.8, 4) is 0 Å². The molecule has 2 fully saturated rings. The Balaban J connectivity index is 1.10. The Labute approximate surface area is 232 Å². The third-order valence-corrected chi connectivity index (χ3v) is 8.44. The second kappa shape index (κ2) is 10.6. The predicted octanol–water partition coefficient (Wildman–Crippen LogP) is 3.91. The third-order valence-electron chi connectivity index (χ3n) is 8.44. The smallest absolute Gasteiger partial charge is 0.253 e. The quantitative estimate of drug-likeness (QED) is 0.273. The Bertz CT molecular complexity index is 1530. The summed E-state index contributed by atoms with van der Waals surface area (Å²) in [6, 6.07) is 15.2. The fraction of sp³-hybridized carbons (Fsp3) is 0.367. The van der Waals surface area contributed by atoms with Crippen molar-refractivity contribution in [2.24, 2.45) is 5.92 Å². The van der Waals surface area contributed by atoms with Gasteiger partial charge in [-0.25, -0.2) is 4.98 Å². The van der Waals surface area contributed by atoms with E-state index >= 15 is 0 Å². The van der Waals surface area contributed by atoms with Crippen LogP contribution in [-0.4, -0.2) is 50.8 Å². The third kappa shape index (κ3) is 4.97. The summed E-state index contributed by atoms with van der Waals surface area (Å²) in [4.78, 5) is 33.1. The molecule has 206 valence electrons. The predicted molar refractivity (Wildman–Crippen MR) is 154 cm³/mol. The van der Waals surface area contributed by atoms with Crippen molar-refractivity contribution in [2.75, 3.05) is 17.2 Å². The molecular weight excluding hydrogens is 504 g/mol. The fourth-order valence-electron chi connectivity index (χ4n) is 6.28. The first-order chi connectivity index (χ1) is 19.4. The number of anilines is 2. The van der Waals surface area contributed by atoms with Crippen LogP contribution in [0.1, 0.15) is 70.5 Å². The number of nitrogen functional groups attached to an aromatic ring is 1. The van der Waals surface area contributed by atoms with E-state index in [1.54, 1.807) is 6.20 Å². The summed E-state index contributed by atoms with van der Waals surface area (Å²) in [6.45, 7) is 4.77. The monoisotopic (exact) mass is 538 g/mol. The number of carbonyl (C=O) groups is 2. The molecule has 40 heavy (non-hydrogen) atoms. The Morgan fingerprint density at radius 1 is 1.05 bits per heavy atom. The van der Waals surface area contributed by atoms with E-state index in [1.165, 1.54) is 0 Å². The molecule has 1 aliphatic heterocycles. The summed E-state index contributed by atoms with van der Waals surface area (Å²) in [6.07, 6.45) is 5.68. The minimum absolute atomic E-state index is 0.0701. The highest BCUT2D eigenvalue weighted by molar-refractivity contribution is 5.99. The second-order valence-corrected chi connectivity index (χ2v) is 11.0. The average molecular weight is 539 g/mol. The number of nitrogens with one attached hydrogen (secondary N) is 3. The number of hydrogen-bond donors (Lipinski definition) is 4. The Kier molecular flexibility index (Phi) is 6.83. The number of aromatic amines is 1. The summed E-state index contributed by atoms with van der Waals surface area (Å²) in [5.74, 6) is 1.13. The van der Waals surface area contributed by atoms with Crippen molar-refractivity contribution < 1.29 is 9.59 Å². The lowest BCUT2D eigenvalue weighted by molar-refractivity contribution is 0.0929. The van der Waals surface area contributed by atoms with Crippen LogP contribution in [0.2, 0.25) is 0 Å². The molecule has 0 spiro atoms. The van der Waals surface area contributed by atoms with Gasteiger partial charge in [0.15, 0.2) is 0 Å². The number of amides is 2. The van der Waals surface area contributed by atoms with Crippen molar-refractivity contribution in [2.45, 2.75) is 57.7 Å². The zero-order chi connectivity index (χ0) is 27.8. The van der Waals surface area contributed by atoms with E-state index in [2.05, 4.69) is 35.9 Å². The van der Waals surface area contributed by atoms with Gasteiger partial charge in [0.2, 0.25) is 0 Å². The highest BCUT2D eigenvalue weighted by Crippen LogP contribution is 2.39. The molecule has 0 bridgehead atoms. The number of fused-ring (bicyclic) bond motifs is 2. The number of nitrogens with two attached hydrogens (primary N) is 1. The van der Waals surface area contributed by atoms with Crippen molar-refractivity contribution in [1.82, 2.24) is 31.0 Å². The number of aryl methyl sites for hydroxylation is 1. The molecule has 1 saturated carbocycles. The zero-order valence-corrected chi connectivity index (χ0v) is 22.7. The van der Waals surface area contributed by atoms with Gasteiger partial charge >= 0.3 is 0 Å². The Morgan fingerprint density at radius 2 is 1.88 bits per heavy atom. The number of aromatic nitrogens is 4. The first-order valence-corrected chi connectivity index (χ1v) is 13.9. The highest BCUT2D eigenvalue weighted by Gasteiger charge is 2.41. The van der Waals surface area contributed by atoms with Crippen LogP contribution in [0, 0.1) is 12.8 Å². The van der Waals surface area contributed by atoms with Crippen molar-refractivity contribution in [3.63, 3.8) is 0 Å². The van der Waals surface area contributed by atoms with Crippen molar-refractivity contribution in [1.29, 1.82) is 0 Å². The Morgan fingerprint density at radius 3 is 2.65 bits per heavy atom. The molecule has 2 aliphatic rings. The lowest BCUT2D eigenvalue weighted by Crippen LogP contribution is -2.43. The van der Waals surface area contributed by atoms with Gasteiger partial charge in [0.05, 0.1) is 11.6 Å². The van der Waals surface area contributed by atoms with Gasteiger partial charge in [0.1, 0.15) is 16.9 Å². The van der Waals surface area contributed by atoms with Crippen LogP contribution in [0.15, 0.2) is 54.7 Å². The summed E-state index contributed by atoms with van der Waals surface area (Å²) in [5, 5.41) is 17.2. The maximum absolute atomic E-state index is 13.2. The van der Waals surface area contributed by atoms with E-state index in [-0.39, 0.29) is 23.9 Å². The molecule has 10 nitrogen and oxygen atoms in total.